The molecule has 13 heteroatoms. The van der Waals surface area contributed by atoms with Crippen LogP contribution in [-0.2, 0) is 17.5 Å². The maximum Gasteiger partial charge on any atom is 0.417 e. The van der Waals surface area contributed by atoms with Gasteiger partial charge in [-0.15, -0.1) is 5.10 Å². The van der Waals surface area contributed by atoms with Gasteiger partial charge in [-0.3, -0.25) is 0 Å². The summed E-state index contributed by atoms with van der Waals surface area (Å²) in [6, 6.07) is 10.6. The van der Waals surface area contributed by atoms with E-state index in [0.717, 1.165) is 18.6 Å². The summed E-state index contributed by atoms with van der Waals surface area (Å²) in [4.78, 5) is 7.22. The van der Waals surface area contributed by atoms with Gasteiger partial charge < -0.3 is 14.5 Å². The van der Waals surface area contributed by atoms with E-state index in [-0.39, 0.29) is 47.5 Å². The topological polar surface area (TPSA) is 89.7 Å². The van der Waals surface area contributed by atoms with E-state index in [9.17, 15) is 22.0 Å². The third-order valence-corrected chi connectivity index (χ3v) is 6.70. The van der Waals surface area contributed by atoms with Crippen molar-refractivity contribution in [3.05, 3.63) is 83.8 Å². The van der Waals surface area contributed by atoms with E-state index in [4.69, 9.17) is 9.47 Å². The molecule has 3 aromatic heterocycles. The van der Waals surface area contributed by atoms with Gasteiger partial charge in [-0.25, -0.2) is 13.8 Å². The number of hydrogen-bond donors (Lipinski definition) is 1. The Labute approximate surface area is 229 Å². The molecule has 1 saturated heterocycles. The first-order chi connectivity index (χ1) is 19.7. The molecule has 1 aliphatic rings. The van der Waals surface area contributed by atoms with Crippen LogP contribution in [-0.4, -0.2) is 45.1 Å². The third-order valence-electron chi connectivity index (χ3n) is 6.70. The Kier molecular flexibility index (Phi) is 7.03. The Bertz CT molecular complexity index is 1700. The number of aromatic amines is 1. The summed E-state index contributed by atoms with van der Waals surface area (Å²) in [5.74, 6) is -1.58. The van der Waals surface area contributed by atoms with Crippen molar-refractivity contribution in [1.29, 1.82) is 0 Å². The number of halogens is 5. The van der Waals surface area contributed by atoms with E-state index >= 15 is 0 Å². The number of nitrogens with one attached hydrogen (secondary N) is 1. The number of fused-ring (bicyclic) bond motifs is 1. The summed E-state index contributed by atoms with van der Waals surface area (Å²) in [7, 11) is 0. The lowest BCUT2D eigenvalue weighted by atomic mass is 10.0. The minimum Gasteiger partial charge on any atom is -0.493 e. The number of alkyl halides is 3. The molecule has 210 valence electrons. The zero-order chi connectivity index (χ0) is 28.6. The maximum absolute atomic E-state index is 14.2. The number of nitrogens with zero attached hydrogens (tertiary/aromatic N) is 5. The molecule has 0 bridgehead atoms. The molecule has 6 rings (SSSR count). The first-order valence-electron chi connectivity index (χ1n) is 12.7. The number of ether oxygens (including phenoxy) is 2. The molecular weight excluding hydrogens is 547 g/mol. The summed E-state index contributed by atoms with van der Waals surface area (Å²) in [5.41, 5.74) is 0.441. The van der Waals surface area contributed by atoms with Crippen molar-refractivity contribution in [2.24, 2.45) is 5.92 Å². The van der Waals surface area contributed by atoms with Crippen molar-refractivity contribution in [1.82, 2.24) is 25.3 Å². The average Bonchev–Trinajstić information content (AvgIpc) is 3.63. The first-order valence-corrected chi connectivity index (χ1v) is 12.7. The highest BCUT2D eigenvalue weighted by molar-refractivity contribution is 5.77. The van der Waals surface area contributed by atoms with E-state index in [0.29, 0.717) is 29.9 Å². The number of imidazole rings is 1. The average molecular weight is 570 g/mol. The highest BCUT2D eigenvalue weighted by Gasteiger charge is 2.35. The molecule has 8 nitrogen and oxygen atoms in total. The van der Waals surface area contributed by atoms with Crippen molar-refractivity contribution in [3.63, 3.8) is 0 Å². The van der Waals surface area contributed by atoms with Gasteiger partial charge in [0.05, 0.1) is 30.0 Å². The Morgan fingerprint density at radius 3 is 2.68 bits per heavy atom. The van der Waals surface area contributed by atoms with Crippen molar-refractivity contribution in [2.45, 2.75) is 19.1 Å². The monoisotopic (exact) mass is 569 g/mol. The minimum atomic E-state index is -4.63. The van der Waals surface area contributed by atoms with Gasteiger partial charge in [0.2, 0.25) is 12.7 Å². The second-order valence-corrected chi connectivity index (χ2v) is 9.61. The fourth-order valence-electron chi connectivity index (χ4n) is 4.56. The standard InChI is InChI=1S/C28H21F5N6O2/c29-22-3-1-2-20(26(22)30)27-35-24-11-34-39(13-25(24)36-27)12-17-4-7-23(38-37-17)19-6-5-18(10-21(19)28(31,32)33)41-15-16-8-9-40-14-16/h1-7,10-11,13,16H,8-9,12,14-15H2/p+1. The summed E-state index contributed by atoms with van der Waals surface area (Å²) in [6.45, 7) is 1.59. The molecule has 5 aromatic rings. The predicted octanol–water partition coefficient (Wildman–Crippen LogP) is 5.13. The minimum absolute atomic E-state index is 0.0181. The lowest BCUT2D eigenvalue weighted by Gasteiger charge is -2.16. The SMILES string of the molecule is Fc1cccc(-c2nc3cn[n+](Cc4ccc(-c5ccc(OCC6CCOC6)cc5C(F)(F)F)nn4)cc3[nH]2)c1F. The van der Waals surface area contributed by atoms with E-state index in [1.54, 1.807) is 12.3 Å². The molecule has 0 amide bonds. The van der Waals surface area contributed by atoms with Gasteiger partial charge in [-0.1, -0.05) is 10.7 Å². The van der Waals surface area contributed by atoms with Crippen LogP contribution < -0.4 is 9.42 Å². The zero-order valence-electron chi connectivity index (χ0n) is 21.3. The van der Waals surface area contributed by atoms with E-state index < -0.39 is 23.4 Å². The molecular formula is C28H22F5N6O2+. The van der Waals surface area contributed by atoms with Gasteiger partial charge in [-0.2, -0.15) is 18.3 Å². The normalized spacial score (nSPS) is 15.5. The highest BCUT2D eigenvalue weighted by Crippen LogP contribution is 2.38. The number of benzene rings is 2. The van der Waals surface area contributed by atoms with Crippen LogP contribution in [0.5, 0.6) is 5.75 Å². The first kappa shape index (κ1) is 26.7. The Morgan fingerprint density at radius 1 is 1.05 bits per heavy atom. The molecule has 4 heterocycles. The lowest BCUT2D eigenvalue weighted by molar-refractivity contribution is -0.745. The van der Waals surface area contributed by atoms with Gasteiger partial charge in [0.15, 0.2) is 11.6 Å². The molecule has 0 saturated carbocycles. The summed E-state index contributed by atoms with van der Waals surface area (Å²) in [5, 5.41) is 12.4. The molecule has 1 N–H and O–H groups in total. The number of aromatic nitrogens is 6. The number of H-pyrrole nitrogens is 1. The summed E-state index contributed by atoms with van der Waals surface area (Å²) < 4.78 is 82.0. The van der Waals surface area contributed by atoms with Crippen LogP contribution in [0.2, 0.25) is 0 Å². The van der Waals surface area contributed by atoms with Crippen molar-refractivity contribution < 1.29 is 36.1 Å². The van der Waals surface area contributed by atoms with Crippen LogP contribution in [0.3, 0.4) is 0 Å². The van der Waals surface area contributed by atoms with Gasteiger partial charge in [0.1, 0.15) is 34.5 Å². The molecule has 0 aliphatic carbocycles. The Morgan fingerprint density at radius 2 is 1.93 bits per heavy atom. The van der Waals surface area contributed by atoms with Crippen LogP contribution >= 0.6 is 0 Å². The molecule has 0 spiro atoms. The van der Waals surface area contributed by atoms with Crippen molar-refractivity contribution in [2.75, 3.05) is 19.8 Å². The van der Waals surface area contributed by atoms with Crippen LogP contribution in [0, 0.1) is 17.6 Å². The maximum atomic E-state index is 14.2. The Hall–Kier alpha value is -4.52. The second-order valence-electron chi connectivity index (χ2n) is 9.61. The summed E-state index contributed by atoms with van der Waals surface area (Å²) in [6.07, 6.45) is -0.756. The predicted molar refractivity (Wildman–Crippen MR) is 135 cm³/mol. The summed E-state index contributed by atoms with van der Waals surface area (Å²) >= 11 is 0. The Balaban J connectivity index is 1.20. The largest absolute Gasteiger partial charge is 0.493 e. The molecule has 0 radical (unpaired) electrons. The van der Waals surface area contributed by atoms with Gasteiger partial charge in [0, 0.05) is 18.1 Å². The number of hydrogen-bond acceptors (Lipinski definition) is 6. The van der Waals surface area contributed by atoms with Crippen LogP contribution in [0.25, 0.3) is 33.7 Å². The molecule has 1 fully saturated rings. The van der Waals surface area contributed by atoms with Crippen LogP contribution in [0.15, 0.2) is 60.9 Å². The van der Waals surface area contributed by atoms with E-state index in [1.807, 2.05) is 0 Å². The second kappa shape index (κ2) is 10.8. The van der Waals surface area contributed by atoms with E-state index in [1.165, 1.54) is 41.2 Å². The molecule has 2 aromatic carbocycles. The fourth-order valence-corrected chi connectivity index (χ4v) is 4.56. The van der Waals surface area contributed by atoms with E-state index in [2.05, 4.69) is 25.3 Å². The zero-order valence-corrected chi connectivity index (χ0v) is 21.3. The fraction of sp³-hybridized carbons (Fsp3) is 0.250. The van der Waals surface area contributed by atoms with Crippen LogP contribution in [0.1, 0.15) is 17.7 Å². The quantitative estimate of drug-likeness (QED) is 0.216. The molecule has 1 aliphatic heterocycles. The van der Waals surface area contributed by atoms with Gasteiger partial charge in [-0.05, 0) is 54.0 Å². The van der Waals surface area contributed by atoms with Gasteiger partial charge >= 0.3 is 6.18 Å². The molecule has 41 heavy (non-hydrogen) atoms. The molecule has 1 unspecified atom stereocenters. The number of rotatable bonds is 7. The van der Waals surface area contributed by atoms with Crippen molar-refractivity contribution in [3.8, 4) is 28.4 Å². The van der Waals surface area contributed by atoms with Crippen molar-refractivity contribution >= 4 is 11.0 Å². The highest BCUT2D eigenvalue weighted by atomic mass is 19.4. The smallest absolute Gasteiger partial charge is 0.417 e. The lowest BCUT2D eigenvalue weighted by Crippen LogP contribution is -2.38. The third kappa shape index (κ3) is 5.71. The van der Waals surface area contributed by atoms with Crippen LogP contribution in [0.4, 0.5) is 22.0 Å². The molecule has 1 atom stereocenters. The van der Waals surface area contributed by atoms with Gasteiger partial charge in [0.25, 0.3) is 0 Å².